The molecule has 1 atom stereocenters. The van der Waals surface area contributed by atoms with E-state index in [1.165, 1.54) is 0 Å². The SMILES string of the molecule is CNC(=S)Nc1nc(N2CCC[C@H](C)C2)cc(C(F)(F)F)n1. The zero-order valence-electron chi connectivity index (χ0n) is 12.4. The smallest absolute Gasteiger partial charge is 0.365 e. The van der Waals surface area contributed by atoms with Crippen LogP contribution >= 0.6 is 12.2 Å². The molecule has 0 unspecified atom stereocenters. The fraction of sp³-hybridized carbons (Fsp3) is 0.615. The molecule has 0 bridgehead atoms. The van der Waals surface area contributed by atoms with Crippen LogP contribution in [0.1, 0.15) is 25.5 Å². The van der Waals surface area contributed by atoms with Gasteiger partial charge in [0.2, 0.25) is 5.95 Å². The van der Waals surface area contributed by atoms with Gasteiger partial charge in [0, 0.05) is 26.2 Å². The second-order valence-corrected chi connectivity index (χ2v) is 5.74. The predicted molar refractivity (Wildman–Crippen MR) is 82.9 cm³/mol. The fourth-order valence-corrected chi connectivity index (χ4v) is 2.45. The van der Waals surface area contributed by atoms with Crippen molar-refractivity contribution in [1.29, 1.82) is 0 Å². The topological polar surface area (TPSA) is 53.1 Å². The van der Waals surface area contributed by atoms with Crippen LogP contribution in [0.4, 0.5) is 24.9 Å². The number of anilines is 2. The Bertz CT molecular complexity index is 549. The molecule has 1 fully saturated rings. The van der Waals surface area contributed by atoms with Crippen molar-refractivity contribution in [2.45, 2.75) is 25.9 Å². The Labute approximate surface area is 132 Å². The van der Waals surface area contributed by atoms with Crippen molar-refractivity contribution in [3.8, 4) is 0 Å². The number of piperidine rings is 1. The fourth-order valence-electron chi connectivity index (χ4n) is 2.36. The van der Waals surface area contributed by atoms with Gasteiger partial charge in [-0.15, -0.1) is 0 Å². The second kappa shape index (κ2) is 6.64. The number of nitrogens with zero attached hydrogens (tertiary/aromatic N) is 3. The van der Waals surface area contributed by atoms with Gasteiger partial charge in [-0.05, 0) is 31.0 Å². The number of aromatic nitrogens is 2. The molecule has 0 saturated carbocycles. The first-order valence-electron chi connectivity index (χ1n) is 6.99. The molecule has 1 aromatic heterocycles. The molecule has 0 radical (unpaired) electrons. The van der Waals surface area contributed by atoms with Gasteiger partial charge in [-0.3, -0.25) is 0 Å². The molecule has 0 spiro atoms. The van der Waals surface area contributed by atoms with Crippen molar-refractivity contribution < 1.29 is 13.2 Å². The number of hydrogen-bond acceptors (Lipinski definition) is 4. The molecule has 0 aromatic carbocycles. The summed E-state index contributed by atoms with van der Waals surface area (Å²) in [5.74, 6) is 0.547. The predicted octanol–water partition coefficient (Wildman–Crippen LogP) is 2.65. The highest BCUT2D eigenvalue weighted by Gasteiger charge is 2.34. The molecular formula is C13H18F3N5S. The van der Waals surface area contributed by atoms with E-state index < -0.39 is 11.9 Å². The van der Waals surface area contributed by atoms with Crippen molar-refractivity contribution in [2.75, 3.05) is 30.4 Å². The van der Waals surface area contributed by atoms with E-state index in [0.717, 1.165) is 18.9 Å². The summed E-state index contributed by atoms with van der Waals surface area (Å²) in [7, 11) is 1.57. The largest absolute Gasteiger partial charge is 0.433 e. The lowest BCUT2D eigenvalue weighted by Crippen LogP contribution is -2.35. The lowest BCUT2D eigenvalue weighted by atomic mass is 10.0. The first-order chi connectivity index (χ1) is 10.3. The van der Waals surface area contributed by atoms with Gasteiger partial charge in [-0.2, -0.15) is 18.2 Å². The van der Waals surface area contributed by atoms with Gasteiger partial charge in [0.25, 0.3) is 0 Å². The van der Waals surface area contributed by atoms with Crippen LogP contribution in [-0.4, -0.2) is 35.2 Å². The van der Waals surface area contributed by atoms with E-state index in [1.54, 1.807) is 7.05 Å². The molecule has 5 nitrogen and oxygen atoms in total. The van der Waals surface area contributed by atoms with E-state index in [-0.39, 0.29) is 16.9 Å². The van der Waals surface area contributed by atoms with Gasteiger partial charge < -0.3 is 15.5 Å². The summed E-state index contributed by atoms with van der Waals surface area (Å²) in [5.41, 5.74) is -0.975. The number of thiocarbonyl (C=S) groups is 1. The number of halogens is 3. The molecule has 2 heterocycles. The third-order valence-corrected chi connectivity index (χ3v) is 3.74. The molecular weight excluding hydrogens is 315 g/mol. The number of hydrogen-bond donors (Lipinski definition) is 2. The highest BCUT2D eigenvalue weighted by molar-refractivity contribution is 7.80. The summed E-state index contributed by atoms with van der Waals surface area (Å²) >= 11 is 4.90. The molecule has 2 rings (SSSR count). The van der Waals surface area contributed by atoms with E-state index in [0.29, 0.717) is 19.0 Å². The van der Waals surface area contributed by atoms with E-state index in [1.807, 2.05) is 4.90 Å². The molecule has 2 N–H and O–H groups in total. The molecule has 22 heavy (non-hydrogen) atoms. The molecule has 0 aliphatic carbocycles. The van der Waals surface area contributed by atoms with Crippen molar-refractivity contribution in [2.24, 2.45) is 5.92 Å². The van der Waals surface area contributed by atoms with Crippen LogP contribution < -0.4 is 15.5 Å². The molecule has 1 saturated heterocycles. The maximum Gasteiger partial charge on any atom is 0.433 e. The summed E-state index contributed by atoms with van der Waals surface area (Å²) in [5, 5.41) is 5.35. The van der Waals surface area contributed by atoms with Crippen molar-refractivity contribution in [3.05, 3.63) is 11.8 Å². The standard InChI is InChI=1S/C13H18F3N5S/c1-8-4-3-5-21(7-8)10-6-9(13(14,15)16)18-11(19-10)20-12(22)17-2/h6,8H,3-5,7H2,1-2H3,(H2,17,18,19,20,22)/t8-/m0/s1. The Hall–Kier alpha value is -1.64. The van der Waals surface area contributed by atoms with Crippen LogP contribution in [0.2, 0.25) is 0 Å². The highest BCUT2D eigenvalue weighted by atomic mass is 32.1. The minimum absolute atomic E-state index is 0.151. The van der Waals surface area contributed by atoms with Gasteiger partial charge in [-0.25, -0.2) is 4.98 Å². The number of rotatable bonds is 2. The van der Waals surface area contributed by atoms with E-state index in [4.69, 9.17) is 12.2 Å². The maximum absolute atomic E-state index is 13.0. The molecule has 9 heteroatoms. The van der Waals surface area contributed by atoms with Crippen LogP contribution in [0.15, 0.2) is 6.07 Å². The Balaban J connectivity index is 2.35. The third-order valence-electron chi connectivity index (χ3n) is 3.44. The van der Waals surface area contributed by atoms with Crippen LogP contribution in [0, 0.1) is 5.92 Å². The highest BCUT2D eigenvalue weighted by Crippen LogP contribution is 2.31. The van der Waals surface area contributed by atoms with E-state index in [2.05, 4.69) is 27.5 Å². The van der Waals surface area contributed by atoms with E-state index in [9.17, 15) is 13.2 Å². The Morgan fingerprint density at radius 2 is 2.14 bits per heavy atom. The summed E-state index contributed by atoms with van der Waals surface area (Å²) in [6.07, 6.45) is -2.52. The van der Waals surface area contributed by atoms with E-state index >= 15 is 0 Å². The molecule has 1 aliphatic heterocycles. The molecule has 0 amide bonds. The first-order valence-corrected chi connectivity index (χ1v) is 7.40. The second-order valence-electron chi connectivity index (χ2n) is 5.33. The monoisotopic (exact) mass is 333 g/mol. The lowest BCUT2D eigenvalue weighted by molar-refractivity contribution is -0.141. The van der Waals surface area contributed by atoms with Crippen LogP contribution in [0.3, 0.4) is 0 Å². The van der Waals surface area contributed by atoms with Gasteiger partial charge >= 0.3 is 6.18 Å². The van der Waals surface area contributed by atoms with Gasteiger partial charge in [0.05, 0.1) is 0 Å². The normalized spacial score (nSPS) is 19.0. The van der Waals surface area contributed by atoms with Crippen molar-refractivity contribution in [1.82, 2.24) is 15.3 Å². The van der Waals surface area contributed by atoms with Crippen LogP contribution in [0.5, 0.6) is 0 Å². The van der Waals surface area contributed by atoms with Crippen LogP contribution in [-0.2, 0) is 6.18 Å². The zero-order valence-corrected chi connectivity index (χ0v) is 13.2. The Morgan fingerprint density at radius 3 is 2.73 bits per heavy atom. The summed E-state index contributed by atoms with van der Waals surface area (Å²) in [4.78, 5) is 9.53. The summed E-state index contributed by atoms with van der Waals surface area (Å²) in [6.45, 7) is 3.45. The Morgan fingerprint density at radius 1 is 1.41 bits per heavy atom. The molecule has 122 valence electrons. The Kier molecular flexibility index (Phi) is 5.05. The van der Waals surface area contributed by atoms with Crippen LogP contribution in [0.25, 0.3) is 0 Å². The first kappa shape index (κ1) is 16.7. The zero-order chi connectivity index (χ0) is 16.3. The maximum atomic E-state index is 13.0. The quantitative estimate of drug-likeness (QED) is 0.812. The molecule has 1 aliphatic rings. The summed E-state index contributed by atoms with van der Waals surface area (Å²) in [6, 6.07) is 0.992. The minimum Gasteiger partial charge on any atom is -0.365 e. The average Bonchev–Trinajstić information content (AvgIpc) is 2.46. The number of nitrogens with one attached hydrogen (secondary N) is 2. The van der Waals surface area contributed by atoms with Gasteiger partial charge in [-0.1, -0.05) is 6.92 Å². The minimum atomic E-state index is -4.53. The lowest BCUT2D eigenvalue weighted by Gasteiger charge is -2.32. The molecule has 1 aromatic rings. The number of alkyl halides is 3. The van der Waals surface area contributed by atoms with Gasteiger partial charge in [0.1, 0.15) is 5.82 Å². The van der Waals surface area contributed by atoms with Crippen molar-refractivity contribution in [3.63, 3.8) is 0 Å². The van der Waals surface area contributed by atoms with Gasteiger partial charge in [0.15, 0.2) is 10.8 Å². The average molecular weight is 333 g/mol. The summed E-state index contributed by atoms with van der Waals surface area (Å²) < 4.78 is 39.1. The van der Waals surface area contributed by atoms with Crippen molar-refractivity contribution >= 4 is 29.1 Å². The third kappa shape index (κ3) is 4.19.